The normalized spacial score (nSPS) is 14.6. The van der Waals surface area contributed by atoms with Gasteiger partial charge in [-0.15, -0.1) is 0 Å². The van der Waals surface area contributed by atoms with Crippen LogP contribution < -0.4 is 4.74 Å². The largest absolute Gasteiger partial charge is 0.489 e. The second kappa shape index (κ2) is 11.4. The first-order valence-electron chi connectivity index (χ1n) is 13.1. The van der Waals surface area contributed by atoms with E-state index in [1.54, 1.807) is 68.1 Å². The van der Waals surface area contributed by atoms with E-state index in [0.29, 0.717) is 33.7 Å². The van der Waals surface area contributed by atoms with Gasteiger partial charge in [-0.1, -0.05) is 48.5 Å². The first-order valence-corrected chi connectivity index (χ1v) is 13.1. The van der Waals surface area contributed by atoms with Crippen molar-refractivity contribution in [1.82, 2.24) is 14.7 Å². The summed E-state index contributed by atoms with van der Waals surface area (Å²) < 4.78 is 21.7. The molecule has 0 bridgehead atoms. The lowest BCUT2D eigenvalue weighted by Crippen LogP contribution is -2.46. The van der Waals surface area contributed by atoms with E-state index in [1.807, 2.05) is 48.5 Å². The van der Waals surface area contributed by atoms with Crippen molar-refractivity contribution in [2.45, 2.75) is 33.4 Å². The van der Waals surface area contributed by atoms with Gasteiger partial charge in [0.1, 0.15) is 35.5 Å². The zero-order chi connectivity index (χ0) is 29.1. The second-order valence-corrected chi connectivity index (χ2v) is 9.86. The summed E-state index contributed by atoms with van der Waals surface area (Å²) in [5, 5.41) is 14.6. The van der Waals surface area contributed by atoms with Crippen LogP contribution in [-0.4, -0.2) is 32.5 Å². The molecule has 2 heterocycles. The summed E-state index contributed by atoms with van der Waals surface area (Å²) in [5.41, 5.74) is 3.62. The van der Waals surface area contributed by atoms with Gasteiger partial charge in [0.05, 0.1) is 5.69 Å². The van der Waals surface area contributed by atoms with Crippen molar-refractivity contribution in [2.75, 3.05) is 0 Å². The molecular formula is C33H27FN4O3. The lowest BCUT2D eigenvalue weighted by molar-refractivity contribution is -0.142. The molecule has 41 heavy (non-hydrogen) atoms. The van der Waals surface area contributed by atoms with Gasteiger partial charge in [0, 0.05) is 34.5 Å². The molecule has 0 spiro atoms. The number of ether oxygens (including phenoxy) is 1. The van der Waals surface area contributed by atoms with Crippen LogP contribution in [0.15, 0.2) is 102 Å². The van der Waals surface area contributed by atoms with Crippen LogP contribution in [0, 0.1) is 17.1 Å². The minimum absolute atomic E-state index is 0.0555. The van der Waals surface area contributed by atoms with E-state index in [9.17, 15) is 19.2 Å². The fourth-order valence-electron chi connectivity index (χ4n) is 4.66. The molecule has 5 rings (SSSR count). The highest BCUT2D eigenvalue weighted by atomic mass is 19.1. The predicted octanol–water partition coefficient (Wildman–Crippen LogP) is 6.26. The molecule has 0 saturated carbocycles. The minimum atomic E-state index is -0.595. The Morgan fingerprint density at radius 1 is 1.00 bits per heavy atom. The number of halogens is 1. The molecule has 0 radical (unpaired) electrons. The van der Waals surface area contributed by atoms with Gasteiger partial charge in [-0.2, -0.15) is 10.4 Å². The minimum Gasteiger partial charge on any atom is -0.489 e. The molecule has 1 aliphatic rings. The number of nitrogens with zero attached hydrogens (tertiary/aromatic N) is 4. The standard InChI is InChI=1S/C33H27FN4O3/c1-21(2)38-32(39)28(22(3)29(18-35)33(38)40)17-25-19-37(26-12-5-4-6-13-26)36-31(25)23-11-9-14-27(16-23)41-20-24-10-7-8-15-30(24)34/h4-17,19,21H,20H2,1-3H3/b28-17+. The smallest absolute Gasteiger partial charge is 0.271 e. The van der Waals surface area contributed by atoms with Crippen molar-refractivity contribution in [3.05, 3.63) is 119 Å². The van der Waals surface area contributed by atoms with Gasteiger partial charge in [0.15, 0.2) is 0 Å². The third-order valence-electron chi connectivity index (χ3n) is 6.81. The molecular weight excluding hydrogens is 519 g/mol. The summed E-state index contributed by atoms with van der Waals surface area (Å²) >= 11 is 0. The van der Waals surface area contributed by atoms with Crippen LogP contribution in [0.1, 0.15) is 31.9 Å². The number of para-hydroxylation sites is 1. The highest BCUT2D eigenvalue weighted by Crippen LogP contribution is 2.33. The summed E-state index contributed by atoms with van der Waals surface area (Å²) in [7, 11) is 0. The fraction of sp³-hybridized carbons (Fsp3) is 0.152. The Hall–Kier alpha value is -5.29. The highest BCUT2D eigenvalue weighted by molar-refractivity contribution is 6.20. The third kappa shape index (κ3) is 5.43. The Bertz CT molecular complexity index is 1750. The number of carbonyl (C=O) groups excluding carboxylic acids is 2. The molecule has 1 aliphatic heterocycles. The third-order valence-corrected chi connectivity index (χ3v) is 6.81. The number of rotatable bonds is 7. The van der Waals surface area contributed by atoms with E-state index in [4.69, 9.17) is 9.84 Å². The molecule has 204 valence electrons. The average molecular weight is 547 g/mol. The molecule has 3 aromatic carbocycles. The predicted molar refractivity (Wildman–Crippen MR) is 153 cm³/mol. The first kappa shape index (κ1) is 27.3. The van der Waals surface area contributed by atoms with Gasteiger partial charge in [-0.3, -0.25) is 14.5 Å². The molecule has 8 heteroatoms. The Kier molecular flexibility index (Phi) is 7.61. The van der Waals surface area contributed by atoms with E-state index in [-0.39, 0.29) is 23.6 Å². The molecule has 0 saturated heterocycles. The van der Waals surface area contributed by atoms with Gasteiger partial charge < -0.3 is 4.74 Å². The summed E-state index contributed by atoms with van der Waals surface area (Å²) in [6, 6.07) is 24.8. The summed E-state index contributed by atoms with van der Waals surface area (Å²) in [6.45, 7) is 5.12. The van der Waals surface area contributed by atoms with Crippen LogP contribution in [0.5, 0.6) is 5.75 Å². The number of hydrogen-bond acceptors (Lipinski definition) is 5. The number of carbonyl (C=O) groups is 2. The number of amides is 2. The molecule has 0 fully saturated rings. The molecule has 2 amide bonds. The van der Waals surface area contributed by atoms with Crippen molar-refractivity contribution in [2.24, 2.45) is 0 Å². The summed E-state index contributed by atoms with van der Waals surface area (Å²) in [6.07, 6.45) is 3.47. The fourth-order valence-corrected chi connectivity index (χ4v) is 4.66. The average Bonchev–Trinajstić information content (AvgIpc) is 3.39. The van der Waals surface area contributed by atoms with Gasteiger partial charge in [-0.05, 0) is 62.8 Å². The zero-order valence-electron chi connectivity index (χ0n) is 22.8. The van der Waals surface area contributed by atoms with E-state index in [0.717, 1.165) is 10.6 Å². The van der Waals surface area contributed by atoms with Gasteiger partial charge in [-0.25, -0.2) is 9.07 Å². The Balaban J connectivity index is 1.61. The second-order valence-electron chi connectivity index (χ2n) is 9.86. The first-order chi connectivity index (χ1) is 19.8. The van der Waals surface area contributed by atoms with Crippen molar-refractivity contribution in [3.63, 3.8) is 0 Å². The maximum absolute atomic E-state index is 14.1. The molecule has 0 unspecified atom stereocenters. The van der Waals surface area contributed by atoms with Crippen molar-refractivity contribution in [1.29, 1.82) is 5.26 Å². The Morgan fingerprint density at radius 3 is 2.44 bits per heavy atom. The van der Waals surface area contributed by atoms with Crippen LogP contribution in [0.25, 0.3) is 23.0 Å². The number of nitriles is 1. The monoisotopic (exact) mass is 546 g/mol. The molecule has 0 atom stereocenters. The van der Waals surface area contributed by atoms with E-state index in [1.165, 1.54) is 6.07 Å². The van der Waals surface area contributed by atoms with Crippen LogP contribution in [0.3, 0.4) is 0 Å². The van der Waals surface area contributed by atoms with Crippen LogP contribution in [0.2, 0.25) is 0 Å². The Morgan fingerprint density at radius 2 is 1.73 bits per heavy atom. The van der Waals surface area contributed by atoms with Crippen LogP contribution >= 0.6 is 0 Å². The Labute approximate surface area is 237 Å². The van der Waals surface area contributed by atoms with Crippen molar-refractivity contribution < 1.29 is 18.7 Å². The molecule has 0 aliphatic carbocycles. The number of aromatic nitrogens is 2. The SMILES string of the molecule is CC1=C(C#N)C(=O)N(C(C)C)C(=O)/C1=C/c1cn(-c2ccccc2)nc1-c1cccc(OCc2ccccc2F)c1. The van der Waals surface area contributed by atoms with Crippen LogP contribution in [0.4, 0.5) is 4.39 Å². The maximum atomic E-state index is 14.1. The lowest BCUT2D eigenvalue weighted by Gasteiger charge is -2.30. The van der Waals surface area contributed by atoms with Crippen molar-refractivity contribution >= 4 is 17.9 Å². The number of imide groups is 1. The van der Waals surface area contributed by atoms with Gasteiger partial charge in [0.25, 0.3) is 11.8 Å². The van der Waals surface area contributed by atoms with Gasteiger partial charge >= 0.3 is 0 Å². The number of benzene rings is 3. The summed E-state index contributed by atoms with van der Waals surface area (Å²) in [5.74, 6) is -0.888. The number of hydrogen-bond donors (Lipinski definition) is 0. The maximum Gasteiger partial charge on any atom is 0.271 e. The van der Waals surface area contributed by atoms with Crippen molar-refractivity contribution in [3.8, 4) is 28.8 Å². The quantitative estimate of drug-likeness (QED) is 0.202. The van der Waals surface area contributed by atoms with E-state index in [2.05, 4.69) is 0 Å². The molecule has 7 nitrogen and oxygen atoms in total. The molecule has 4 aromatic rings. The van der Waals surface area contributed by atoms with E-state index < -0.39 is 17.9 Å². The summed E-state index contributed by atoms with van der Waals surface area (Å²) in [4.78, 5) is 27.5. The lowest BCUT2D eigenvalue weighted by atomic mass is 9.92. The van der Waals surface area contributed by atoms with E-state index >= 15 is 0 Å². The zero-order valence-corrected chi connectivity index (χ0v) is 22.8. The molecule has 0 N–H and O–H groups in total. The van der Waals surface area contributed by atoms with Gasteiger partial charge in [0.2, 0.25) is 0 Å². The highest BCUT2D eigenvalue weighted by Gasteiger charge is 2.37. The van der Waals surface area contributed by atoms with Crippen LogP contribution in [-0.2, 0) is 16.2 Å². The molecule has 1 aromatic heterocycles. The topological polar surface area (TPSA) is 88.2 Å².